The zero-order valence-electron chi connectivity index (χ0n) is 22.3. The summed E-state index contributed by atoms with van der Waals surface area (Å²) in [5, 5.41) is 19.9. The van der Waals surface area contributed by atoms with E-state index in [-0.39, 0.29) is 43.8 Å². The summed E-state index contributed by atoms with van der Waals surface area (Å²) in [7, 11) is 0. The lowest BCUT2D eigenvalue weighted by molar-refractivity contribution is -0.148. The minimum Gasteiger partial charge on any atom is -0.491 e. The number of esters is 2. The molecule has 8 nitrogen and oxygen atoms in total. The topological polar surface area (TPSA) is 112 Å². The molecule has 0 spiro atoms. The Labute approximate surface area is 219 Å². The molecule has 2 aromatic rings. The van der Waals surface area contributed by atoms with Crippen molar-refractivity contribution in [1.29, 1.82) is 0 Å². The van der Waals surface area contributed by atoms with Crippen molar-refractivity contribution >= 4 is 11.9 Å². The van der Waals surface area contributed by atoms with Crippen molar-refractivity contribution < 1.29 is 38.7 Å². The predicted octanol–water partition coefficient (Wildman–Crippen LogP) is 4.18. The van der Waals surface area contributed by atoms with Crippen LogP contribution in [0.4, 0.5) is 0 Å². The Morgan fingerprint density at radius 2 is 1.03 bits per heavy atom. The lowest BCUT2D eigenvalue weighted by Gasteiger charge is -2.26. The molecule has 204 valence electrons. The molecule has 0 saturated carbocycles. The van der Waals surface area contributed by atoms with E-state index in [9.17, 15) is 19.8 Å². The molecule has 0 fully saturated rings. The van der Waals surface area contributed by atoms with Gasteiger partial charge >= 0.3 is 11.9 Å². The molecule has 0 aliphatic carbocycles. The molecule has 0 aliphatic heterocycles. The highest BCUT2D eigenvalue weighted by atomic mass is 16.6. The van der Waals surface area contributed by atoms with Crippen LogP contribution in [0, 0.1) is 0 Å². The van der Waals surface area contributed by atoms with Gasteiger partial charge in [-0.05, 0) is 48.2 Å². The van der Waals surface area contributed by atoms with Gasteiger partial charge < -0.3 is 29.2 Å². The minimum atomic E-state index is -0.894. The fraction of sp³-hybridized carbons (Fsp3) is 0.517. The molecule has 2 aromatic carbocycles. The standard InChI is InChI=1S/C29H40O8/c1-5-7-27(32)36-19-23(30)17-34-25-13-9-21(10-14-25)29(3,4)22-11-15-26(16-12-22)35-18-24(31)20-37-28(33)8-6-2/h9-16,23-24,30-31H,5-8,17-20H2,1-4H3. The molecule has 2 atom stereocenters. The summed E-state index contributed by atoms with van der Waals surface area (Å²) in [6.45, 7) is 7.88. The van der Waals surface area contributed by atoms with Crippen LogP contribution in [0.3, 0.4) is 0 Å². The van der Waals surface area contributed by atoms with Crippen LogP contribution >= 0.6 is 0 Å². The largest absolute Gasteiger partial charge is 0.491 e. The van der Waals surface area contributed by atoms with Gasteiger partial charge in [-0.15, -0.1) is 0 Å². The summed E-state index contributed by atoms with van der Waals surface area (Å²) in [6.07, 6.45) is 0.290. The summed E-state index contributed by atoms with van der Waals surface area (Å²) >= 11 is 0. The van der Waals surface area contributed by atoms with Crippen molar-refractivity contribution in [1.82, 2.24) is 0 Å². The second-order valence-corrected chi connectivity index (χ2v) is 9.47. The van der Waals surface area contributed by atoms with E-state index < -0.39 is 12.2 Å². The molecule has 0 saturated heterocycles. The fourth-order valence-electron chi connectivity index (χ4n) is 3.51. The highest BCUT2D eigenvalue weighted by Crippen LogP contribution is 2.33. The molecular weight excluding hydrogens is 476 g/mol. The molecule has 0 bridgehead atoms. The molecular formula is C29H40O8. The molecule has 0 radical (unpaired) electrons. The highest BCUT2D eigenvalue weighted by molar-refractivity contribution is 5.69. The third-order valence-corrected chi connectivity index (χ3v) is 5.82. The summed E-state index contributed by atoms with van der Waals surface area (Å²) < 4.78 is 21.3. The summed E-state index contributed by atoms with van der Waals surface area (Å²) in [4.78, 5) is 22.8. The van der Waals surface area contributed by atoms with E-state index >= 15 is 0 Å². The zero-order chi connectivity index (χ0) is 27.3. The van der Waals surface area contributed by atoms with Crippen LogP contribution in [0.15, 0.2) is 48.5 Å². The predicted molar refractivity (Wildman–Crippen MR) is 140 cm³/mol. The van der Waals surface area contributed by atoms with Crippen molar-refractivity contribution in [2.45, 2.75) is 71.0 Å². The Balaban J connectivity index is 1.85. The van der Waals surface area contributed by atoms with Crippen LogP contribution < -0.4 is 9.47 Å². The quantitative estimate of drug-likeness (QED) is 0.320. The fourth-order valence-corrected chi connectivity index (χ4v) is 3.51. The molecule has 0 aromatic heterocycles. The van der Waals surface area contributed by atoms with Crippen LogP contribution in [0.25, 0.3) is 0 Å². The minimum absolute atomic E-state index is 0.0273. The van der Waals surface area contributed by atoms with Crippen molar-refractivity contribution in [3.63, 3.8) is 0 Å². The third-order valence-electron chi connectivity index (χ3n) is 5.82. The lowest BCUT2D eigenvalue weighted by atomic mass is 9.78. The van der Waals surface area contributed by atoms with Crippen molar-refractivity contribution in [2.24, 2.45) is 0 Å². The Morgan fingerprint density at radius 3 is 1.35 bits per heavy atom. The Morgan fingerprint density at radius 1 is 0.676 bits per heavy atom. The highest BCUT2D eigenvalue weighted by Gasteiger charge is 2.23. The smallest absolute Gasteiger partial charge is 0.305 e. The van der Waals surface area contributed by atoms with Crippen LogP contribution in [0.2, 0.25) is 0 Å². The molecule has 8 heteroatoms. The summed E-state index contributed by atoms with van der Waals surface area (Å²) in [5.41, 5.74) is 1.86. The van der Waals surface area contributed by atoms with E-state index in [0.717, 1.165) is 11.1 Å². The molecule has 0 amide bonds. The van der Waals surface area contributed by atoms with E-state index in [4.69, 9.17) is 18.9 Å². The van der Waals surface area contributed by atoms with Crippen LogP contribution in [0.1, 0.15) is 64.5 Å². The zero-order valence-corrected chi connectivity index (χ0v) is 22.3. The van der Waals surface area contributed by atoms with Gasteiger partial charge in [0.1, 0.15) is 50.1 Å². The van der Waals surface area contributed by atoms with Gasteiger partial charge in [-0.1, -0.05) is 52.0 Å². The van der Waals surface area contributed by atoms with Gasteiger partial charge in [0.05, 0.1) is 0 Å². The van der Waals surface area contributed by atoms with E-state index in [1.54, 1.807) is 0 Å². The average molecular weight is 517 g/mol. The number of hydrogen-bond acceptors (Lipinski definition) is 8. The van der Waals surface area contributed by atoms with Crippen molar-refractivity contribution in [2.75, 3.05) is 26.4 Å². The van der Waals surface area contributed by atoms with E-state index in [1.165, 1.54) is 0 Å². The Kier molecular flexibility index (Phi) is 12.4. The normalized spacial score (nSPS) is 12.9. The molecule has 2 unspecified atom stereocenters. The number of aliphatic hydroxyl groups is 2. The second kappa shape index (κ2) is 15.2. The Hall–Kier alpha value is -3.10. The maximum absolute atomic E-state index is 11.4. The van der Waals surface area contributed by atoms with E-state index in [1.807, 2.05) is 62.4 Å². The van der Waals surface area contributed by atoms with Crippen LogP contribution in [-0.2, 0) is 24.5 Å². The van der Waals surface area contributed by atoms with Crippen LogP contribution in [-0.4, -0.2) is 60.8 Å². The third kappa shape index (κ3) is 10.4. The summed E-state index contributed by atoms with van der Waals surface area (Å²) in [5.74, 6) is 0.577. The van der Waals surface area contributed by atoms with E-state index in [2.05, 4.69) is 13.8 Å². The average Bonchev–Trinajstić information content (AvgIpc) is 2.89. The first-order valence-corrected chi connectivity index (χ1v) is 12.8. The summed E-state index contributed by atoms with van der Waals surface area (Å²) in [6, 6.07) is 15.3. The van der Waals surface area contributed by atoms with Gasteiger partial charge in [0.25, 0.3) is 0 Å². The maximum Gasteiger partial charge on any atom is 0.305 e. The molecule has 2 rings (SSSR count). The molecule has 0 aliphatic rings. The van der Waals surface area contributed by atoms with Crippen molar-refractivity contribution in [3.05, 3.63) is 59.7 Å². The monoisotopic (exact) mass is 516 g/mol. The molecule has 2 N–H and O–H groups in total. The number of carbonyl (C=O) groups excluding carboxylic acids is 2. The molecule has 37 heavy (non-hydrogen) atoms. The van der Waals surface area contributed by atoms with Crippen molar-refractivity contribution in [3.8, 4) is 11.5 Å². The van der Waals surface area contributed by atoms with Gasteiger partial charge in [0.2, 0.25) is 0 Å². The number of rotatable bonds is 16. The first-order chi connectivity index (χ1) is 17.6. The lowest BCUT2D eigenvalue weighted by Crippen LogP contribution is -2.25. The second-order valence-electron chi connectivity index (χ2n) is 9.47. The van der Waals surface area contributed by atoms with E-state index in [0.29, 0.717) is 37.2 Å². The van der Waals surface area contributed by atoms with Gasteiger partial charge in [0, 0.05) is 18.3 Å². The molecule has 0 heterocycles. The number of hydrogen-bond donors (Lipinski definition) is 2. The van der Waals surface area contributed by atoms with Gasteiger partial charge in [-0.3, -0.25) is 9.59 Å². The number of benzene rings is 2. The Bertz CT molecular complexity index is 875. The first-order valence-electron chi connectivity index (χ1n) is 12.8. The first kappa shape index (κ1) is 30.1. The van der Waals surface area contributed by atoms with Crippen LogP contribution in [0.5, 0.6) is 11.5 Å². The van der Waals surface area contributed by atoms with Gasteiger partial charge in [-0.2, -0.15) is 0 Å². The maximum atomic E-state index is 11.4. The number of ether oxygens (including phenoxy) is 4. The van der Waals surface area contributed by atoms with Gasteiger partial charge in [-0.25, -0.2) is 0 Å². The SMILES string of the molecule is CCCC(=O)OCC(O)COc1ccc(C(C)(C)c2ccc(OCC(O)COC(=O)CCC)cc2)cc1. The number of carbonyl (C=O) groups is 2. The van der Waals surface area contributed by atoms with Gasteiger partial charge in [0.15, 0.2) is 0 Å². The number of aliphatic hydroxyl groups excluding tert-OH is 2.